The van der Waals surface area contributed by atoms with Crippen LogP contribution in [0.5, 0.6) is 0 Å². The van der Waals surface area contributed by atoms with Crippen LogP contribution in [0, 0.1) is 15.9 Å². The second-order valence-electron chi connectivity index (χ2n) is 4.80. The number of benzene rings is 2. The Bertz CT molecular complexity index is 867. The van der Waals surface area contributed by atoms with E-state index < -0.39 is 35.0 Å². The zero-order chi connectivity index (χ0) is 19.1. The molecule has 0 aliphatic carbocycles. The highest BCUT2D eigenvalue weighted by Gasteiger charge is 2.21. The van der Waals surface area contributed by atoms with Gasteiger partial charge in [0.05, 0.1) is 4.92 Å². The Kier molecular flexibility index (Phi) is 5.93. The van der Waals surface area contributed by atoms with Gasteiger partial charge in [0.15, 0.2) is 12.4 Å². The number of hydrogen-bond acceptors (Lipinski definition) is 7. The second kappa shape index (κ2) is 8.33. The largest absolute Gasteiger partial charge is 0.450 e. The molecule has 0 aliphatic rings. The van der Waals surface area contributed by atoms with Crippen molar-refractivity contribution in [2.24, 2.45) is 10.9 Å². The van der Waals surface area contributed by atoms with E-state index in [1.165, 1.54) is 30.3 Å². The molecular weight excluding hydrogens is 349 g/mol. The van der Waals surface area contributed by atoms with Crippen LogP contribution < -0.4 is 5.73 Å². The SMILES string of the molecule is N/C(=N\OC(=O)COC(=O)c1ccccc1[N+](=O)[O-])c1ccc(F)cc1. The topological polar surface area (TPSA) is 134 Å². The number of oxime groups is 1. The van der Waals surface area contributed by atoms with Gasteiger partial charge in [-0.15, -0.1) is 0 Å². The smallest absolute Gasteiger partial charge is 0.372 e. The van der Waals surface area contributed by atoms with Gasteiger partial charge in [0.2, 0.25) is 0 Å². The number of para-hydroxylation sites is 1. The number of nitrogens with zero attached hydrogens (tertiary/aromatic N) is 2. The third kappa shape index (κ3) is 4.84. The van der Waals surface area contributed by atoms with Gasteiger partial charge in [-0.25, -0.2) is 14.0 Å². The molecule has 134 valence electrons. The first-order valence-corrected chi connectivity index (χ1v) is 7.08. The Morgan fingerprint density at radius 2 is 1.81 bits per heavy atom. The predicted octanol–water partition coefficient (Wildman–Crippen LogP) is 1.75. The first kappa shape index (κ1) is 18.5. The minimum atomic E-state index is -1.07. The third-order valence-electron chi connectivity index (χ3n) is 3.03. The maximum atomic E-state index is 12.8. The number of nitrogens with two attached hydrogens (primary N) is 1. The molecule has 0 radical (unpaired) electrons. The summed E-state index contributed by atoms with van der Waals surface area (Å²) in [5, 5.41) is 14.2. The van der Waals surface area contributed by atoms with Gasteiger partial charge in [-0.1, -0.05) is 17.3 Å². The number of carbonyl (C=O) groups is 2. The van der Waals surface area contributed by atoms with Crippen molar-refractivity contribution in [1.82, 2.24) is 0 Å². The molecule has 2 aromatic rings. The molecule has 0 unspecified atom stereocenters. The normalized spacial score (nSPS) is 10.9. The summed E-state index contributed by atoms with van der Waals surface area (Å²) in [6.07, 6.45) is 0. The van der Waals surface area contributed by atoms with Crippen LogP contribution >= 0.6 is 0 Å². The molecule has 0 atom stereocenters. The molecule has 26 heavy (non-hydrogen) atoms. The van der Waals surface area contributed by atoms with E-state index in [2.05, 4.69) is 14.7 Å². The summed E-state index contributed by atoms with van der Waals surface area (Å²) < 4.78 is 17.5. The number of carbonyl (C=O) groups excluding carboxylic acids is 2. The van der Waals surface area contributed by atoms with Gasteiger partial charge < -0.3 is 15.3 Å². The zero-order valence-corrected chi connectivity index (χ0v) is 13.1. The van der Waals surface area contributed by atoms with Crippen LogP contribution in [0.15, 0.2) is 53.7 Å². The molecule has 9 nitrogen and oxygen atoms in total. The standard InChI is InChI=1S/C16H12FN3O6/c17-11-7-5-10(6-8-11)15(18)19-26-14(21)9-25-16(22)12-3-1-2-4-13(12)20(23)24/h1-8H,9H2,(H2,18,19). The van der Waals surface area contributed by atoms with Crippen molar-refractivity contribution < 1.29 is 28.5 Å². The molecule has 2 N–H and O–H groups in total. The van der Waals surface area contributed by atoms with Crippen LogP contribution in [-0.4, -0.2) is 29.3 Å². The second-order valence-corrected chi connectivity index (χ2v) is 4.80. The van der Waals surface area contributed by atoms with Gasteiger partial charge in [-0.2, -0.15) is 0 Å². The van der Waals surface area contributed by atoms with Crippen molar-refractivity contribution in [3.8, 4) is 0 Å². The van der Waals surface area contributed by atoms with Crippen molar-refractivity contribution in [2.45, 2.75) is 0 Å². The minimum Gasteiger partial charge on any atom is -0.450 e. The fourth-order valence-electron chi connectivity index (χ4n) is 1.81. The molecule has 0 bridgehead atoms. The summed E-state index contributed by atoms with van der Waals surface area (Å²) >= 11 is 0. The Hall–Kier alpha value is -3.82. The van der Waals surface area contributed by atoms with Gasteiger partial charge in [0, 0.05) is 11.6 Å². The van der Waals surface area contributed by atoms with Crippen molar-refractivity contribution in [1.29, 1.82) is 0 Å². The molecule has 0 aromatic heterocycles. The summed E-state index contributed by atoms with van der Waals surface area (Å²) in [6, 6.07) is 10.1. The third-order valence-corrected chi connectivity index (χ3v) is 3.03. The number of nitro groups is 1. The average Bonchev–Trinajstić information content (AvgIpc) is 2.64. The van der Waals surface area contributed by atoms with E-state index in [4.69, 9.17) is 5.73 Å². The number of amidine groups is 1. The summed E-state index contributed by atoms with van der Waals surface area (Å²) in [7, 11) is 0. The van der Waals surface area contributed by atoms with Gasteiger partial charge in [-0.05, 0) is 30.3 Å². The number of ether oxygens (including phenoxy) is 1. The maximum absolute atomic E-state index is 12.8. The van der Waals surface area contributed by atoms with Gasteiger partial charge in [0.1, 0.15) is 11.4 Å². The van der Waals surface area contributed by atoms with Crippen LogP contribution in [0.3, 0.4) is 0 Å². The first-order chi connectivity index (χ1) is 12.4. The summed E-state index contributed by atoms with van der Waals surface area (Å²) in [4.78, 5) is 37.9. The summed E-state index contributed by atoms with van der Waals surface area (Å²) in [6.45, 7) is -0.828. The van der Waals surface area contributed by atoms with Crippen molar-refractivity contribution in [3.63, 3.8) is 0 Å². The van der Waals surface area contributed by atoms with Crippen molar-refractivity contribution in [3.05, 3.63) is 75.6 Å². The van der Waals surface area contributed by atoms with E-state index >= 15 is 0 Å². The van der Waals surface area contributed by atoms with Crippen LogP contribution in [0.1, 0.15) is 15.9 Å². The Morgan fingerprint density at radius 3 is 2.46 bits per heavy atom. The molecule has 0 amide bonds. The molecular formula is C16H12FN3O6. The van der Waals surface area contributed by atoms with Gasteiger partial charge in [-0.3, -0.25) is 10.1 Å². The lowest BCUT2D eigenvalue weighted by Crippen LogP contribution is -2.19. The van der Waals surface area contributed by atoms with Crippen molar-refractivity contribution >= 4 is 23.5 Å². The molecule has 0 saturated heterocycles. The average molecular weight is 361 g/mol. The Labute approximate surface area is 146 Å². The van der Waals surface area contributed by atoms with Crippen LogP contribution in [0.25, 0.3) is 0 Å². The fraction of sp³-hybridized carbons (Fsp3) is 0.0625. The molecule has 0 spiro atoms. The highest BCUT2D eigenvalue weighted by Crippen LogP contribution is 2.18. The zero-order valence-electron chi connectivity index (χ0n) is 13.1. The maximum Gasteiger partial charge on any atom is 0.372 e. The van der Waals surface area contributed by atoms with Crippen molar-refractivity contribution in [2.75, 3.05) is 6.61 Å². The van der Waals surface area contributed by atoms with Crippen LogP contribution in [0.4, 0.5) is 10.1 Å². The number of rotatable bonds is 6. The van der Waals surface area contributed by atoms with Crippen LogP contribution in [-0.2, 0) is 14.4 Å². The predicted molar refractivity (Wildman–Crippen MR) is 86.6 cm³/mol. The number of esters is 1. The van der Waals surface area contributed by atoms with E-state index in [1.807, 2.05) is 0 Å². The highest BCUT2D eigenvalue weighted by molar-refractivity contribution is 5.97. The first-order valence-electron chi connectivity index (χ1n) is 7.08. The molecule has 10 heteroatoms. The number of nitro benzene ring substituents is 1. The molecule has 2 aromatic carbocycles. The Balaban J connectivity index is 1.92. The van der Waals surface area contributed by atoms with E-state index in [-0.39, 0.29) is 11.4 Å². The van der Waals surface area contributed by atoms with Crippen LogP contribution in [0.2, 0.25) is 0 Å². The molecule has 0 heterocycles. The lowest BCUT2D eigenvalue weighted by molar-refractivity contribution is -0.385. The van der Waals surface area contributed by atoms with Gasteiger partial charge >= 0.3 is 11.9 Å². The Morgan fingerprint density at radius 1 is 1.15 bits per heavy atom. The molecule has 0 saturated carbocycles. The number of hydrogen-bond donors (Lipinski definition) is 1. The molecule has 0 fully saturated rings. The van der Waals surface area contributed by atoms with E-state index in [9.17, 15) is 24.1 Å². The minimum absolute atomic E-state index is 0.191. The molecule has 0 aliphatic heterocycles. The summed E-state index contributed by atoms with van der Waals surface area (Å²) in [5.41, 5.74) is 5.12. The molecule has 2 rings (SSSR count). The highest BCUT2D eigenvalue weighted by atomic mass is 19.1. The monoisotopic (exact) mass is 361 g/mol. The lowest BCUT2D eigenvalue weighted by Gasteiger charge is -2.04. The fourth-order valence-corrected chi connectivity index (χ4v) is 1.81. The lowest BCUT2D eigenvalue weighted by atomic mass is 10.2. The number of halogens is 1. The quantitative estimate of drug-likeness (QED) is 0.207. The van der Waals surface area contributed by atoms with E-state index in [0.717, 1.165) is 18.2 Å². The summed E-state index contributed by atoms with van der Waals surface area (Å²) in [5.74, 6) is -2.78. The van der Waals surface area contributed by atoms with E-state index in [1.54, 1.807) is 0 Å². The van der Waals surface area contributed by atoms with Gasteiger partial charge in [0.25, 0.3) is 5.69 Å². The van der Waals surface area contributed by atoms with E-state index in [0.29, 0.717) is 5.56 Å².